The minimum Gasteiger partial charge on any atom is -0.550 e. The number of rotatable bonds is 9. The molecule has 3 amide bonds. The maximum atomic E-state index is 12.3. The van der Waals surface area contributed by atoms with E-state index in [1.54, 1.807) is 12.1 Å². The predicted octanol–water partition coefficient (Wildman–Crippen LogP) is -9.86. The first-order chi connectivity index (χ1) is 15.2. The number of hydrogen-bond acceptors (Lipinski definition) is 9. The maximum absolute atomic E-state index is 12.3. The Hall–Kier alpha value is -1.96. The van der Waals surface area contributed by atoms with E-state index in [4.69, 9.17) is 5.73 Å². The fourth-order valence-electron chi connectivity index (χ4n) is 3.76. The summed E-state index contributed by atoms with van der Waals surface area (Å²) in [7, 11) is 0. The van der Waals surface area contributed by atoms with Crippen molar-refractivity contribution in [1.29, 1.82) is 0 Å². The summed E-state index contributed by atoms with van der Waals surface area (Å²) in [6.07, 6.45) is -0.755. The molecule has 5 N–H and O–H groups in total. The van der Waals surface area contributed by atoms with Gasteiger partial charge in [-0.25, -0.2) is 4.99 Å². The minimum absolute atomic E-state index is 0. The molecule has 0 bridgehead atoms. The zero-order chi connectivity index (χ0) is 23.4. The molecule has 0 aliphatic carbocycles. The molecular formula is C20H21N5Na2O7. The molecule has 0 spiro atoms. The van der Waals surface area contributed by atoms with Crippen LogP contribution in [0.4, 0.5) is 0 Å². The van der Waals surface area contributed by atoms with Gasteiger partial charge < -0.3 is 36.2 Å². The number of carbonyl (C=O) groups excluding carboxylic acids is 5. The fraction of sp³-hybridized carbons (Fsp3) is 0.400. The van der Waals surface area contributed by atoms with Crippen LogP contribution < -0.4 is 91.0 Å². The van der Waals surface area contributed by atoms with Crippen molar-refractivity contribution in [2.45, 2.75) is 37.9 Å². The molecule has 14 heteroatoms. The number of benzene rings is 1. The van der Waals surface area contributed by atoms with E-state index in [1.807, 2.05) is 0 Å². The molecule has 1 fully saturated rings. The summed E-state index contributed by atoms with van der Waals surface area (Å²) in [4.78, 5) is 62.4. The van der Waals surface area contributed by atoms with Crippen LogP contribution in [0.3, 0.4) is 0 Å². The smallest absolute Gasteiger partial charge is 0.550 e. The van der Waals surface area contributed by atoms with Gasteiger partial charge in [0.1, 0.15) is 6.17 Å². The normalized spacial score (nSPS) is 21.4. The molecule has 170 valence electrons. The van der Waals surface area contributed by atoms with E-state index in [0.29, 0.717) is 12.8 Å². The van der Waals surface area contributed by atoms with Crippen molar-refractivity contribution in [3.8, 4) is 0 Å². The van der Waals surface area contributed by atoms with E-state index in [9.17, 15) is 34.2 Å². The number of nitrogens with zero attached hydrogens (tertiary/aromatic N) is 1. The van der Waals surface area contributed by atoms with Crippen molar-refractivity contribution in [3.05, 3.63) is 35.4 Å². The molecule has 3 rings (SSSR count). The topological polar surface area (TPSA) is 206 Å². The number of aryl methyl sites for hydroxylation is 1. The fourth-order valence-corrected chi connectivity index (χ4v) is 3.76. The van der Waals surface area contributed by atoms with Crippen LogP contribution >= 0.6 is 0 Å². The van der Waals surface area contributed by atoms with Gasteiger partial charge >= 0.3 is 59.1 Å². The number of hydrogen-bond donors (Lipinski definition) is 4. The van der Waals surface area contributed by atoms with Gasteiger partial charge in [-0.1, -0.05) is 12.1 Å². The molecule has 1 aromatic rings. The molecule has 0 aromatic heterocycles. The monoisotopic (exact) mass is 489 g/mol. The van der Waals surface area contributed by atoms with Crippen molar-refractivity contribution in [2.24, 2.45) is 22.6 Å². The summed E-state index contributed by atoms with van der Waals surface area (Å²) in [6, 6.07) is 4.78. The Labute approximate surface area is 239 Å². The number of carboxylic acid groups (broad SMARTS) is 2. The number of aliphatic imine (C=N–C) groups is 1. The van der Waals surface area contributed by atoms with Crippen LogP contribution in [0.15, 0.2) is 29.3 Å². The number of nitrogens with one attached hydrogen (secondary N) is 3. The third-order valence-corrected chi connectivity index (χ3v) is 5.42. The largest absolute Gasteiger partial charge is 1.00 e. The second-order valence-corrected chi connectivity index (χ2v) is 7.58. The van der Waals surface area contributed by atoms with Crippen LogP contribution in [0.1, 0.15) is 35.2 Å². The van der Waals surface area contributed by atoms with E-state index in [-0.39, 0.29) is 88.9 Å². The van der Waals surface area contributed by atoms with Gasteiger partial charge in [0.2, 0.25) is 11.8 Å². The van der Waals surface area contributed by atoms with Gasteiger partial charge in [0.25, 0.3) is 5.91 Å². The molecule has 1 saturated heterocycles. The first-order valence-electron chi connectivity index (χ1n) is 9.90. The molecule has 2 aliphatic heterocycles. The summed E-state index contributed by atoms with van der Waals surface area (Å²) in [5.41, 5.74) is 6.49. The van der Waals surface area contributed by atoms with E-state index < -0.39 is 48.3 Å². The second kappa shape index (κ2) is 13.2. The van der Waals surface area contributed by atoms with Crippen LogP contribution in [0.2, 0.25) is 0 Å². The third kappa shape index (κ3) is 7.52. The maximum Gasteiger partial charge on any atom is 1.00 e. The van der Waals surface area contributed by atoms with Gasteiger partial charge in [-0.15, -0.1) is 0 Å². The zero-order valence-corrected chi connectivity index (χ0v) is 22.8. The number of nitrogens with two attached hydrogens (primary N) is 1. The molecule has 4 atom stereocenters. The standard InChI is InChI=1S/C20H23N5O7.2Na/c21-20-24-15-14(18(30)25-20)11(17(29)23-15)6-3-9-1-4-10(5-2-9)16(28)22-12(19(31)32)7-8-13(26)27;;/h1-2,4-5,11-12,14-15H,3,6-8H2,(H,22,28)(H,23,29)(H,26,27)(H,31,32)(H3,21,24,25,30);;/q;2*+1/p-2. The SMILES string of the molecule is NC1=NC2NC(=O)C(CCc3ccc(C(=O)NC(CCC(=O)[O-])C(=O)[O-])cc3)C2C(=O)N1.[Na+].[Na+]. The van der Waals surface area contributed by atoms with Gasteiger partial charge in [-0.3, -0.25) is 19.7 Å². The Balaban J connectivity index is 0.00000289. The average Bonchev–Trinajstić information content (AvgIpc) is 3.04. The summed E-state index contributed by atoms with van der Waals surface area (Å²) in [5.74, 6) is -5.63. The van der Waals surface area contributed by atoms with E-state index >= 15 is 0 Å². The summed E-state index contributed by atoms with van der Waals surface area (Å²) < 4.78 is 0. The first-order valence-corrected chi connectivity index (χ1v) is 9.90. The van der Waals surface area contributed by atoms with Crippen molar-refractivity contribution in [1.82, 2.24) is 16.0 Å². The molecule has 1 aromatic carbocycles. The number of carboxylic acids is 2. The van der Waals surface area contributed by atoms with Crippen LogP contribution in [-0.4, -0.2) is 47.8 Å². The van der Waals surface area contributed by atoms with E-state index in [1.165, 1.54) is 12.1 Å². The average molecular weight is 489 g/mol. The predicted molar refractivity (Wildman–Crippen MR) is 104 cm³/mol. The third-order valence-electron chi connectivity index (χ3n) is 5.42. The number of amides is 3. The summed E-state index contributed by atoms with van der Waals surface area (Å²) in [5, 5.41) is 28.9. The van der Waals surface area contributed by atoms with Crippen LogP contribution in [0.25, 0.3) is 0 Å². The number of guanidine groups is 1. The number of carbonyl (C=O) groups is 5. The molecule has 4 unspecified atom stereocenters. The number of fused-ring (bicyclic) bond motifs is 1. The Morgan fingerprint density at radius 3 is 2.32 bits per heavy atom. The van der Waals surface area contributed by atoms with Crippen molar-refractivity contribution >= 4 is 35.6 Å². The van der Waals surface area contributed by atoms with Gasteiger partial charge in [0.15, 0.2) is 5.96 Å². The molecule has 0 radical (unpaired) electrons. The molecular weight excluding hydrogens is 468 g/mol. The first kappa shape index (κ1) is 30.1. The Morgan fingerprint density at radius 1 is 1.09 bits per heavy atom. The molecule has 2 aliphatic rings. The van der Waals surface area contributed by atoms with E-state index in [2.05, 4.69) is 20.9 Å². The summed E-state index contributed by atoms with van der Waals surface area (Å²) in [6.45, 7) is 0. The van der Waals surface area contributed by atoms with Crippen LogP contribution in [0, 0.1) is 11.8 Å². The molecule has 2 heterocycles. The van der Waals surface area contributed by atoms with Crippen molar-refractivity contribution in [2.75, 3.05) is 0 Å². The van der Waals surface area contributed by atoms with E-state index in [0.717, 1.165) is 5.56 Å². The second-order valence-electron chi connectivity index (χ2n) is 7.58. The Bertz CT molecular complexity index is 986. The zero-order valence-electron chi connectivity index (χ0n) is 18.8. The summed E-state index contributed by atoms with van der Waals surface area (Å²) >= 11 is 0. The number of aliphatic carboxylic acids is 2. The van der Waals surface area contributed by atoms with Gasteiger partial charge in [-0.05, 0) is 43.4 Å². The van der Waals surface area contributed by atoms with Crippen molar-refractivity contribution < 1.29 is 93.3 Å². The van der Waals surface area contributed by atoms with Crippen LogP contribution in [0.5, 0.6) is 0 Å². The van der Waals surface area contributed by atoms with Crippen LogP contribution in [-0.2, 0) is 25.6 Å². The van der Waals surface area contributed by atoms with Gasteiger partial charge in [0.05, 0.1) is 23.8 Å². The van der Waals surface area contributed by atoms with Gasteiger partial charge in [-0.2, -0.15) is 0 Å². The van der Waals surface area contributed by atoms with Gasteiger partial charge in [0, 0.05) is 11.5 Å². The van der Waals surface area contributed by atoms with Crippen molar-refractivity contribution in [3.63, 3.8) is 0 Å². The Kier molecular flexibility index (Phi) is 11.7. The molecule has 34 heavy (non-hydrogen) atoms. The molecule has 12 nitrogen and oxygen atoms in total. The quantitative estimate of drug-likeness (QED) is 0.244. The minimum atomic E-state index is -1.60. The Morgan fingerprint density at radius 2 is 1.74 bits per heavy atom. The molecule has 0 saturated carbocycles.